The first-order valence-electron chi connectivity index (χ1n) is 6.51. The zero-order valence-corrected chi connectivity index (χ0v) is 13.5. The van der Waals surface area contributed by atoms with Gasteiger partial charge in [-0.2, -0.15) is 15.4 Å². The average molecular weight is 278 g/mol. The van der Waals surface area contributed by atoms with E-state index < -0.39 is 8.32 Å². The maximum absolute atomic E-state index is 6.21. The lowest BCUT2D eigenvalue weighted by Crippen LogP contribution is -2.40. The van der Waals surface area contributed by atoms with E-state index in [0.717, 1.165) is 22.3 Å². The maximum Gasteiger partial charge on any atom is 0.192 e. The highest BCUT2D eigenvalue weighted by molar-refractivity contribution is 6.74. The van der Waals surface area contributed by atoms with Crippen LogP contribution in [0.1, 0.15) is 32.0 Å². The van der Waals surface area contributed by atoms with Gasteiger partial charge in [0, 0.05) is 11.8 Å². The summed E-state index contributed by atoms with van der Waals surface area (Å²) in [6.45, 7) is 13.7. The van der Waals surface area contributed by atoms with E-state index in [4.69, 9.17) is 4.43 Å². The summed E-state index contributed by atoms with van der Waals surface area (Å²) in [4.78, 5) is 4.36. The number of H-pyrrole nitrogens is 1. The van der Waals surface area contributed by atoms with Gasteiger partial charge in [0.15, 0.2) is 8.32 Å². The van der Waals surface area contributed by atoms with Crippen molar-refractivity contribution in [3.8, 4) is 0 Å². The summed E-state index contributed by atoms with van der Waals surface area (Å²) in [6, 6.07) is 0. The minimum absolute atomic E-state index is 0.202. The molecule has 19 heavy (non-hydrogen) atoms. The lowest BCUT2D eigenvalue weighted by Gasteiger charge is -2.36. The van der Waals surface area contributed by atoms with Crippen LogP contribution >= 0.6 is 0 Å². The molecule has 0 atom stereocenters. The molecule has 2 rings (SSSR count). The Bertz CT molecular complexity index is 586. The van der Waals surface area contributed by atoms with E-state index in [1.165, 1.54) is 0 Å². The van der Waals surface area contributed by atoms with E-state index >= 15 is 0 Å². The molecule has 0 aliphatic carbocycles. The Balaban J connectivity index is 2.24. The molecule has 0 amide bonds. The lowest BCUT2D eigenvalue weighted by molar-refractivity contribution is 0.277. The van der Waals surface area contributed by atoms with Crippen LogP contribution in [0.25, 0.3) is 11.0 Å². The monoisotopic (exact) mass is 278 g/mol. The Morgan fingerprint density at radius 3 is 2.47 bits per heavy atom. The number of nitrogens with zero attached hydrogens (tertiary/aromatic N) is 3. The standard InChI is InChI=1S/C13H22N4OSi/c1-9-11-12(16-17-15-11)10(7-14-9)8-18-19(5,6)13(2,3)4/h7H,8H2,1-6H3,(H,15,16,17). The summed E-state index contributed by atoms with van der Waals surface area (Å²) in [5.74, 6) is 0. The number of nitrogens with one attached hydrogen (secondary N) is 1. The predicted molar refractivity (Wildman–Crippen MR) is 78.4 cm³/mol. The second kappa shape index (κ2) is 4.68. The molecular weight excluding hydrogens is 256 g/mol. The minimum atomic E-state index is -1.75. The summed E-state index contributed by atoms with van der Waals surface area (Å²) in [6.07, 6.45) is 1.84. The number of fused-ring (bicyclic) bond motifs is 1. The van der Waals surface area contributed by atoms with Gasteiger partial charge >= 0.3 is 0 Å². The summed E-state index contributed by atoms with van der Waals surface area (Å²) in [7, 11) is -1.75. The molecule has 0 spiro atoms. The van der Waals surface area contributed by atoms with Crippen molar-refractivity contribution < 1.29 is 4.43 Å². The SMILES string of the molecule is Cc1ncc(CO[Si](C)(C)C(C)(C)C)c2n[nH]nc12. The van der Waals surface area contributed by atoms with Gasteiger partial charge in [0.05, 0.1) is 12.3 Å². The third-order valence-electron chi connectivity index (χ3n) is 4.00. The summed E-state index contributed by atoms with van der Waals surface area (Å²) in [5.41, 5.74) is 3.58. The molecule has 0 aliphatic heterocycles. The molecule has 2 heterocycles. The number of pyridine rings is 1. The molecule has 0 saturated heterocycles. The number of aromatic amines is 1. The smallest absolute Gasteiger partial charge is 0.192 e. The van der Waals surface area contributed by atoms with Crippen molar-refractivity contribution in [1.82, 2.24) is 20.4 Å². The second-order valence-electron chi connectivity index (χ2n) is 6.44. The highest BCUT2D eigenvalue weighted by Crippen LogP contribution is 2.37. The lowest BCUT2D eigenvalue weighted by atomic mass is 10.2. The summed E-state index contributed by atoms with van der Waals surface area (Å²) in [5, 5.41) is 11.2. The van der Waals surface area contributed by atoms with Crippen molar-refractivity contribution in [3.63, 3.8) is 0 Å². The van der Waals surface area contributed by atoms with Crippen LogP contribution in [0.3, 0.4) is 0 Å². The van der Waals surface area contributed by atoms with E-state index in [9.17, 15) is 0 Å². The average Bonchev–Trinajstić information content (AvgIpc) is 2.76. The predicted octanol–water partition coefficient (Wildman–Crippen LogP) is 3.18. The second-order valence-corrected chi connectivity index (χ2v) is 11.2. The normalized spacial score (nSPS) is 13.2. The zero-order chi connectivity index (χ0) is 14.3. The number of aryl methyl sites for hydroxylation is 1. The van der Waals surface area contributed by atoms with E-state index in [0.29, 0.717) is 6.61 Å². The summed E-state index contributed by atoms with van der Waals surface area (Å²) < 4.78 is 6.21. The van der Waals surface area contributed by atoms with Crippen LogP contribution in [0.5, 0.6) is 0 Å². The van der Waals surface area contributed by atoms with Gasteiger partial charge in [-0.3, -0.25) is 4.98 Å². The quantitative estimate of drug-likeness (QED) is 0.876. The third-order valence-corrected chi connectivity index (χ3v) is 8.48. The van der Waals surface area contributed by atoms with Gasteiger partial charge in [0.1, 0.15) is 11.0 Å². The van der Waals surface area contributed by atoms with Crippen molar-refractivity contribution in [3.05, 3.63) is 17.5 Å². The fourth-order valence-electron chi connectivity index (χ4n) is 1.58. The number of hydrogen-bond acceptors (Lipinski definition) is 4. The van der Waals surface area contributed by atoms with Crippen LogP contribution in [0.15, 0.2) is 6.20 Å². The molecule has 0 aliphatic rings. The van der Waals surface area contributed by atoms with E-state index in [1.807, 2.05) is 13.1 Å². The van der Waals surface area contributed by atoms with Crippen LogP contribution in [0, 0.1) is 6.92 Å². The molecule has 104 valence electrons. The maximum atomic E-state index is 6.21. The Hall–Kier alpha value is -1.27. The molecule has 0 unspecified atom stereocenters. The van der Waals surface area contributed by atoms with Crippen molar-refractivity contribution in [1.29, 1.82) is 0 Å². The highest BCUT2D eigenvalue weighted by atomic mass is 28.4. The Labute approximate surface area is 114 Å². The third kappa shape index (κ3) is 2.69. The first kappa shape index (κ1) is 14.1. The molecule has 1 N–H and O–H groups in total. The molecule has 2 aromatic rings. The van der Waals surface area contributed by atoms with Crippen LogP contribution in [0.2, 0.25) is 18.1 Å². The van der Waals surface area contributed by atoms with Crippen molar-refractivity contribution >= 4 is 19.4 Å². The Kier molecular flexibility index (Phi) is 3.48. The van der Waals surface area contributed by atoms with Gasteiger partial charge in [0.2, 0.25) is 0 Å². The van der Waals surface area contributed by atoms with Crippen LogP contribution < -0.4 is 0 Å². The van der Waals surface area contributed by atoms with Gasteiger partial charge in [0.25, 0.3) is 0 Å². The molecule has 5 nitrogen and oxygen atoms in total. The van der Waals surface area contributed by atoms with Crippen LogP contribution in [-0.4, -0.2) is 28.7 Å². The first-order valence-corrected chi connectivity index (χ1v) is 9.42. The molecule has 2 aromatic heterocycles. The van der Waals surface area contributed by atoms with Gasteiger partial charge < -0.3 is 4.43 Å². The van der Waals surface area contributed by atoms with Crippen LogP contribution in [-0.2, 0) is 11.0 Å². The van der Waals surface area contributed by atoms with E-state index in [-0.39, 0.29) is 5.04 Å². The van der Waals surface area contributed by atoms with Gasteiger partial charge in [-0.05, 0) is 25.1 Å². The van der Waals surface area contributed by atoms with Crippen molar-refractivity contribution in [2.45, 2.75) is 52.4 Å². The molecular formula is C13H22N4OSi. The minimum Gasteiger partial charge on any atom is -0.412 e. The van der Waals surface area contributed by atoms with Gasteiger partial charge in [-0.25, -0.2) is 0 Å². The van der Waals surface area contributed by atoms with E-state index in [1.54, 1.807) is 0 Å². The molecule has 0 radical (unpaired) electrons. The van der Waals surface area contributed by atoms with Crippen molar-refractivity contribution in [2.75, 3.05) is 0 Å². The number of hydrogen-bond donors (Lipinski definition) is 1. The number of rotatable bonds is 3. The number of aromatic nitrogens is 4. The molecule has 6 heteroatoms. The summed E-state index contributed by atoms with van der Waals surface area (Å²) >= 11 is 0. The Morgan fingerprint density at radius 1 is 1.21 bits per heavy atom. The molecule has 0 saturated carbocycles. The fraction of sp³-hybridized carbons (Fsp3) is 0.615. The van der Waals surface area contributed by atoms with Crippen molar-refractivity contribution in [2.24, 2.45) is 0 Å². The molecule has 0 bridgehead atoms. The highest BCUT2D eigenvalue weighted by Gasteiger charge is 2.37. The Morgan fingerprint density at radius 2 is 1.84 bits per heavy atom. The van der Waals surface area contributed by atoms with E-state index in [2.05, 4.69) is 54.3 Å². The topological polar surface area (TPSA) is 63.7 Å². The van der Waals surface area contributed by atoms with Gasteiger partial charge in [-0.15, -0.1) is 0 Å². The first-order chi connectivity index (χ1) is 8.72. The van der Waals surface area contributed by atoms with Gasteiger partial charge in [-0.1, -0.05) is 20.8 Å². The molecule has 0 fully saturated rings. The van der Waals surface area contributed by atoms with Crippen LogP contribution in [0.4, 0.5) is 0 Å². The fourth-order valence-corrected chi connectivity index (χ4v) is 2.53. The molecule has 0 aromatic carbocycles. The zero-order valence-electron chi connectivity index (χ0n) is 12.5. The largest absolute Gasteiger partial charge is 0.412 e.